The van der Waals surface area contributed by atoms with E-state index in [-0.39, 0.29) is 16.8 Å². The van der Waals surface area contributed by atoms with E-state index in [1.54, 1.807) is 43.3 Å². The third-order valence-corrected chi connectivity index (χ3v) is 6.88. The van der Waals surface area contributed by atoms with Crippen LogP contribution in [0, 0.1) is 0 Å². The summed E-state index contributed by atoms with van der Waals surface area (Å²) in [5.74, 6) is 0.711. The molecule has 0 aliphatic carbocycles. The molecule has 0 saturated carbocycles. The number of aryl methyl sites for hydroxylation is 1. The Morgan fingerprint density at radius 1 is 0.969 bits per heavy atom. The van der Waals surface area contributed by atoms with Crippen molar-refractivity contribution in [2.45, 2.75) is 30.7 Å². The summed E-state index contributed by atoms with van der Waals surface area (Å²) in [6.07, 6.45) is 0.839. The highest BCUT2D eigenvalue weighted by Crippen LogP contribution is 2.20. The number of benzene rings is 3. The largest absolute Gasteiger partial charge is 0.497 e. The minimum atomic E-state index is -3.65. The van der Waals surface area contributed by atoms with Crippen molar-refractivity contribution < 1.29 is 17.9 Å². The van der Waals surface area contributed by atoms with Gasteiger partial charge in [-0.1, -0.05) is 42.5 Å². The molecular weight excluding hydrogens is 424 g/mol. The molecule has 32 heavy (non-hydrogen) atoms. The van der Waals surface area contributed by atoms with Crippen LogP contribution in [0.3, 0.4) is 0 Å². The molecular formula is C25H28N2O4S. The van der Waals surface area contributed by atoms with Crippen molar-refractivity contribution in [1.82, 2.24) is 4.72 Å². The molecule has 0 fully saturated rings. The third kappa shape index (κ3) is 5.96. The fraction of sp³-hybridized carbons (Fsp3) is 0.240. The van der Waals surface area contributed by atoms with Crippen LogP contribution in [-0.4, -0.2) is 28.5 Å². The van der Waals surface area contributed by atoms with Crippen molar-refractivity contribution in [2.24, 2.45) is 0 Å². The highest BCUT2D eigenvalue weighted by Gasteiger charge is 2.18. The fourth-order valence-electron chi connectivity index (χ4n) is 3.31. The number of hydrogen-bond donors (Lipinski definition) is 1. The van der Waals surface area contributed by atoms with Crippen molar-refractivity contribution in [3.63, 3.8) is 0 Å². The predicted molar refractivity (Wildman–Crippen MR) is 126 cm³/mol. The van der Waals surface area contributed by atoms with Gasteiger partial charge in [0.05, 0.1) is 12.0 Å². The van der Waals surface area contributed by atoms with Gasteiger partial charge in [0, 0.05) is 25.2 Å². The molecule has 1 N–H and O–H groups in total. The summed E-state index contributed by atoms with van der Waals surface area (Å²) in [4.78, 5) is 14.3. The van der Waals surface area contributed by atoms with Gasteiger partial charge < -0.3 is 9.64 Å². The standard InChI is InChI=1S/C25H28N2O4S/c1-19(21-7-5-4-6-8-21)26-32(29,30)24-16-9-20(10-17-24)11-18-25(28)27(2)22-12-14-23(31-3)15-13-22/h4-10,12-17,19,26H,11,18H2,1-3H3. The highest BCUT2D eigenvalue weighted by molar-refractivity contribution is 7.89. The first-order chi connectivity index (χ1) is 15.3. The average molecular weight is 453 g/mol. The second kappa shape index (κ2) is 10.4. The van der Waals surface area contributed by atoms with Gasteiger partial charge in [-0.05, 0) is 60.9 Å². The zero-order chi connectivity index (χ0) is 23.1. The lowest BCUT2D eigenvalue weighted by atomic mass is 10.1. The van der Waals surface area contributed by atoms with Crippen molar-refractivity contribution in [2.75, 3.05) is 19.1 Å². The van der Waals surface area contributed by atoms with E-state index in [9.17, 15) is 13.2 Å². The summed E-state index contributed by atoms with van der Waals surface area (Å²) in [5.41, 5.74) is 2.58. The minimum absolute atomic E-state index is 0.0229. The molecule has 1 unspecified atom stereocenters. The lowest BCUT2D eigenvalue weighted by Crippen LogP contribution is -2.27. The Bertz CT molecular complexity index is 1130. The van der Waals surface area contributed by atoms with Gasteiger partial charge in [0.25, 0.3) is 0 Å². The van der Waals surface area contributed by atoms with Gasteiger partial charge in [-0.15, -0.1) is 0 Å². The van der Waals surface area contributed by atoms with Crippen molar-refractivity contribution in [1.29, 1.82) is 0 Å². The van der Waals surface area contributed by atoms with Crippen LogP contribution < -0.4 is 14.4 Å². The molecule has 0 aliphatic heterocycles. The molecule has 0 spiro atoms. The van der Waals surface area contributed by atoms with Crippen LogP contribution in [0.1, 0.15) is 30.5 Å². The Morgan fingerprint density at radius 2 is 1.59 bits per heavy atom. The second-order valence-corrected chi connectivity index (χ2v) is 9.26. The number of carbonyl (C=O) groups excluding carboxylic acids is 1. The fourth-order valence-corrected chi connectivity index (χ4v) is 4.55. The van der Waals surface area contributed by atoms with Crippen LogP contribution in [0.5, 0.6) is 5.75 Å². The second-order valence-electron chi connectivity index (χ2n) is 7.55. The van der Waals surface area contributed by atoms with Crippen LogP contribution in [0.15, 0.2) is 83.8 Å². The predicted octanol–water partition coefficient (Wildman–Crippen LogP) is 4.33. The molecule has 0 aliphatic rings. The normalized spacial score (nSPS) is 12.2. The Kier molecular flexibility index (Phi) is 7.66. The Hall–Kier alpha value is -3.16. The maximum Gasteiger partial charge on any atom is 0.241 e. The lowest BCUT2D eigenvalue weighted by molar-refractivity contribution is -0.118. The Balaban J connectivity index is 1.58. The Labute approximate surface area is 189 Å². The molecule has 1 atom stereocenters. The van der Waals surface area contributed by atoms with Crippen LogP contribution in [0.25, 0.3) is 0 Å². The molecule has 0 aromatic heterocycles. The van der Waals surface area contributed by atoms with Crippen LogP contribution in [-0.2, 0) is 21.2 Å². The number of nitrogens with zero attached hydrogens (tertiary/aromatic N) is 1. The topological polar surface area (TPSA) is 75.7 Å². The number of sulfonamides is 1. The smallest absolute Gasteiger partial charge is 0.241 e. The summed E-state index contributed by atoms with van der Waals surface area (Å²) in [6.45, 7) is 1.81. The maximum atomic E-state index is 12.7. The molecule has 168 valence electrons. The van der Waals surface area contributed by atoms with E-state index in [2.05, 4.69) is 4.72 Å². The van der Waals surface area contributed by atoms with Gasteiger partial charge in [-0.25, -0.2) is 13.1 Å². The van der Waals surface area contributed by atoms with Gasteiger partial charge in [0.15, 0.2) is 0 Å². The first kappa shape index (κ1) is 23.5. The summed E-state index contributed by atoms with van der Waals surface area (Å²) in [6, 6.07) is 23.0. The summed E-state index contributed by atoms with van der Waals surface area (Å²) in [7, 11) is -0.313. The third-order valence-electron chi connectivity index (χ3n) is 5.33. The van der Waals surface area contributed by atoms with Crippen LogP contribution in [0.2, 0.25) is 0 Å². The molecule has 3 aromatic carbocycles. The van der Waals surface area contributed by atoms with E-state index in [1.807, 2.05) is 61.5 Å². The van der Waals surface area contributed by atoms with E-state index >= 15 is 0 Å². The van der Waals surface area contributed by atoms with Crippen molar-refractivity contribution >= 4 is 21.6 Å². The molecule has 1 amide bonds. The van der Waals surface area contributed by atoms with Gasteiger partial charge in [-0.2, -0.15) is 0 Å². The van der Waals surface area contributed by atoms with Crippen LogP contribution >= 0.6 is 0 Å². The maximum absolute atomic E-state index is 12.7. The van der Waals surface area contributed by atoms with Crippen LogP contribution in [0.4, 0.5) is 5.69 Å². The number of rotatable bonds is 9. The zero-order valence-corrected chi connectivity index (χ0v) is 19.3. The molecule has 0 heterocycles. The molecule has 0 radical (unpaired) electrons. The molecule has 0 bridgehead atoms. The number of nitrogens with one attached hydrogen (secondary N) is 1. The number of ether oxygens (including phenoxy) is 1. The van der Waals surface area contributed by atoms with Gasteiger partial charge in [-0.3, -0.25) is 4.79 Å². The van der Waals surface area contributed by atoms with E-state index in [4.69, 9.17) is 4.74 Å². The molecule has 6 nitrogen and oxygen atoms in total. The van der Waals surface area contributed by atoms with Gasteiger partial charge in [0.1, 0.15) is 5.75 Å². The number of anilines is 1. The lowest BCUT2D eigenvalue weighted by Gasteiger charge is -2.18. The molecule has 7 heteroatoms. The molecule has 3 rings (SSSR count). The quantitative estimate of drug-likeness (QED) is 0.524. The number of hydrogen-bond acceptors (Lipinski definition) is 4. The summed E-state index contributed by atoms with van der Waals surface area (Å²) >= 11 is 0. The van der Waals surface area contributed by atoms with Crippen molar-refractivity contribution in [3.05, 3.63) is 90.0 Å². The highest BCUT2D eigenvalue weighted by atomic mass is 32.2. The monoisotopic (exact) mass is 452 g/mol. The summed E-state index contributed by atoms with van der Waals surface area (Å²) in [5, 5.41) is 0. The van der Waals surface area contributed by atoms with Crippen molar-refractivity contribution in [3.8, 4) is 5.75 Å². The SMILES string of the molecule is COc1ccc(N(C)C(=O)CCc2ccc(S(=O)(=O)NC(C)c3ccccc3)cc2)cc1. The van der Waals surface area contributed by atoms with E-state index in [0.29, 0.717) is 12.8 Å². The first-order valence-corrected chi connectivity index (χ1v) is 11.9. The first-order valence-electron chi connectivity index (χ1n) is 10.4. The van der Waals surface area contributed by atoms with E-state index in [0.717, 1.165) is 22.6 Å². The number of carbonyl (C=O) groups is 1. The number of methoxy groups -OCH3 is 1. The minimum Gasteiger partial charge on any atom is -0.497 e. The Morgan fingerprint density at radius 3 is 2.19 bits per heavy atom. The van der Waals surface area contributed by atoms with E-state index in [1.165, 1.54) is 0 Å². The average Bonchev–Trinajstić information content (AvgIpc) is 2.82. The zero-order valence-electron chi connectivity index (χ0n) is 18.5. The molecule has 3 aromatic rings. The summed E-state index contributed by atoms with van der Waals surface area (Å²) < 4.78 is 33.3. The number of amides is 1. The van der Waals surface area contributed by atoms with Gasteiger partial charge in [0.2, 0.25) is 15.9 Å². The molecule has 0 saturated heterocycles. The van der Waals surface area contributed by atoms with Gasteiger partial charge >= 0.3 is 0 Å². The van der Waals surface area contributed by atoms with E-state index < -0.39 is 10.0 Å².